The number of hydrogen-bond acceptors (Lipinski definition) is 5. The van der Waals surface area contributed by atoms with Gasteiger partial charge in [0.15, 0.2) is 0 Å². The second-order valence-corrected chi connectivity index (χ2v) is 8.09. The van der Waals surface area contributed by atoms with Gasteiger partial charge in [-0.25, -0.2) is 9.07 Å². The third kappa shape index (κ3) is 3.74. The number of carbonyl (C=O) groups excluding carboxylic acids is 1. The Morgan fingerprint density at radius 2 is 2.00 bits per heavy atom. The van der Waals surface area contributed by atoms with Crippen LogP contribution in [0.2, 0.25) is 0 Å². The Labute approximate surface area is 189 Å². The van der Waals surface area contributed by atoms with Crippen LogP contribution in [0.1, 0.15) is 29.8 Å². The Balaban J connectivity index is 1.57. The number of fused-ring (bicyclic) bond motifs is 2. The molecule has 8 heteroatoms. The summed E-state index contributed by atoms with van der Waals surface area (Å²) in [6.45, 7) is 3.24. The fraction of sp³-hybridized carbons (Fsp3) is 0.160. The molecule has 1 aliphatic heterocycles. The summed E-state index contributed by atoms with van der Waals surface area (Å²) < 4.78 is 16.1. The summed E-state index contributed by atoms with van der Waals surface area (Å²) in [5, 5.41) is 22.1. The van der Waals surface area contributed by atoms with Crippen molar-refractivity contribution in [3.8, 4) is 0 Å². The first-order chi connectivity index (χ1) is 15.9. The molecule has 0 saturated heterocycles. The molecule has 3 heterocycles. The number of rotatable bonds is 4. The molecule has 7 nitrogen and oxygen atoms in total. The van der Waals surface area contributed by atoms with Crippen LogP contribution in [0.15, 0.2) is 72.2 Å². The molecule has 4 aromatic rings. The smallest absolute Gasteiger partial charge is 0.255 e. The van der Waals surface area contributed by atoms with E-state index in [4.69, 9.17) is 0 Å². The summed E-state index contributed by atoms with van der Waals surface area (Å²) in [6, 6.07) is 13.4. The number of aromatic nitrogens is 3. The van der Waals surface area contributed by atoms with E-state index in [2.05, 4.69) is 20.7 Å². The number of amides is 1. The molecule has 2 aromatic heterocycles. The highest BCUT2D eigenvalue weighted by atomic mass is 19.1. The van der Waals surface area contributed by atoms with Gasteiger partial charge in [0.25, 0.3) is 5.91 Å². The van der Waals surface area contributed by atoms with Crippen molar-refractivity contribution in [2.75, 3.05) is 10.6 Å². The van der Waals surface area contributed by atoms with Crippen LogP contribution in [0.4, 0.5) is 15.9 Å². The van der Waals surface area contributed by atoms with Crippen molar-refractivity contribution in [3.05, 3.63) is 94.8 Å². The number of pyridine rings is 1. The highest BCUT2D eigenvalue weighted by Gasteiger charge is 2.33. The van der Waals surface area contributed by atoms with Crippen LogP contribution >= 0.6 is 0 Å². The van der Waals surface area contributed by atoms with E-state index >= 15 is 0 Å². The van der Waals surface area contributed by atoms with Crippen LogP contribution < -0.4 is 10.6 Å². The van der Waals surface area contributed by atoms with E-state index < -0.39 is 6.04 Å². The number of nitrogens with one attached hydrogen (secondary N) is 2. The van der Waals surface area contributed by atoms with Crippen molar-refractivity contribution in [2.24, 2.45) is 0 Å². The van der Waals surface area contributed by atoms with Crippen molar-refractivity contribution in [2.45, 2.75) is 26.5 Å². The van der Waals surface area contributed by atoms with Crippen LogP contribution in [-0.2, 0) is 11.4 Å². The van der Waals surface area contributed by atoms with Gasteiger partial charge in [0.1, 0.15) is 17.7 Å². The number of aliphatic hydroxyl groups excluding tert-OH is 1. The molecule has 0 bridgehead atoms. The molecule has 0 aliphatic carbocycles. The highest BCUT2D eigenvalue weighted by Crippen LogP contribution is 2.37. The van der Waals surface area contributed by atoms with Gasteiger partial charge in [0.05, 0.1) is 17.9 Å². The fourth-order valence-electron chi connectivity index (χ4n) is 4.14. The van der Waals surface area contributed by atoms with Crippen molar-refractivity contribution in [3.63, 3.8) is 0 Å². The number of nitrogens with zero attached hydrogens (tertiary/aromatic N) is 3. The summed E-state index contributed by atoms with van der Waals surface area (Å²) in [5.74, 6) is -0.0638. The van der Waals surface area contributed by atoms with Gasteiger partial charge in [-0.15, -0.1) is 0 Å². The fourth-order valence-corrected chi connectivity index (χ4v) is 4.14. The molecule has 1 aliphatic rings. The van der Waals surface area contributed by atoms with Crippen molar-refractivity contribution < 1.29 is 14.3 Å². The molecule has 0 fully saturated rings. The number of anilines is 2. The lowest BCUT2D eigenvalue weighted by Crippen LogP contribution is -2.31. The average molecular weight is 443 g/mol. The molecule has 166 valence electrons. The molecule has 1 amide bonds. The topological polar surface area (TPSA) is 92.1 Å². The third-order valence-corrected chi connectivity index (χ3v) is 5.84. The maximum Gasteiger partial charge on any atom is 0.255 e. The molecule has 1 atom stereocenters. The van der Waals surface area contributed by atoms with Gasteiger partial charge in [-0.3, -0.25) is 9.78 Å². The number of allylic oxidation sites excluding steroid dienone is 1. The quantitative estimate of drug-likeness (QED) is 0.437. The van der Waals surface area contributed by atoms with Crippen molar-refractivity contribution >= 4 is 28.2 Å². The van der Waals surface area contributed by atoms with Crippen LogP contribution in [-0.4, -0.2) is 25.8 Å². The second kappa shape index (κ2) is 8.14. The summed E-state index contributed by atoms with van der Waals surface area (Å²) >= 11 is 0. The minimum atomic E-state index is -0.665. The first-order valence-corrected chi connectivity index (χ1v) is 10.5. The molecule has 3 N–H and O–H groups in total. The van der Waals surface area contributed by atoms with Gasteiger partial charge in [0.2, 0.25) is 0 Å². The summed E-state index contributed by atoms with van der Waals surface area (Å²) in [5.41, 5.74) is 3.22. The molecule has 0 spiro atoms. The third-order valence-electron chi connectivity index (χ3n) is 5.84. The molecule has 0 saturated carbocycles. The lowest BCUT2D eigenvalue weighted by molar-refractivity contribution is -0.113. The van der Waals surface area contributed by atoms with Gasteiger partial charge in [0, 0.05) is 35.2 Å². The predicted molar refractivity (Wildman–Crippen MR) is 124 cm³/mol. The average Bonchev–Trinajstić information content (AvgIpc) is 3.22. The molecule has 1 unspecified atom stereocenters. The summed E-state index contributed by atoms with van der Waals surface area (Å²) in [7, 11) is 0. The minimum absolute atomic E-state index is 0.247. The highest BCUT2D eigenvalue weighted by molar-refractivity contribution is 6.06. The molecule has 33 heavy (non-hydrogen) atoms. The number of carbonyl (C=O) groups is 1. The lowest BCUT2D eigenvalue weighted by Gasteiger charge is -2.30. The van der Waals surface area contributed by atoms with E-state index in [1.165, 1.54) is 6.07 Å². The van der Waals surface area contributed by atoms with Crippen LogP contribution in [0, 0.1) is 12.7 Å². The molecular weight excluding hydrogens is 421 g/mol. The van der Waals surface area contributed by atoms with E-state index in [1.807, 2.05) is 24.3 Å². The van der Waals surface area contributed by atoms with E-state index in [0.717, 1.165) is 10.8 Å². The van der Waals surface area contributed by atoms with Crippen molar-refractivity contribution in [1.29, 1.82) is 0 Å². The predicted octanol–water partition coefficient (Wildman–Crippen LogP) is 4.30. The summed E-state index contributed by atoms with van der Waals surface area (Å²) in [4.78, 5) is 17.6. The maximum atomic E-state index is 14.5. The Bertz CT molecular complexity index is 1430. The number of benzene rings is 2. The van der Waals surface area contributed by atoms with E-state index in [1.54, 1.807) is 49.1 Å². The van der Waals surface area contributed by atoms with Gasteiger partial charge >= 0.3 is 0 Å². The van der Waals surface area contributed by atoms with Gasteiger partial charge in [-0.1, -0.05) is 18.2 Å². The Morgan fingerprint density at radius 3 is 2.79 bits per heavy atom. The Morgan fingerprint density at radius 1 is 1.15 bits per heavy atom. The standard InChI is InChI=1S/C25H22FN5O2/c1-14-3-4-17(10-21(14)26)24-23(15(2)28-22-11-20(13-32)30-31(22)24)25(33)29-19-6-5-18-12-27-8-7-16(18)9-19/h3-12,24,28,32H,13H2,1-2H3,(H,29,33). The van der Waals surface area contributed by atoms with E-state index in [9.17, 15) is 14.3 Å². The first-order valence-electron chi connectivity index (χ1n) is 10.5. The van der Waals surface area contributed by atoms with Crippen LogP contribution in [0.25, 0.3) is 10.8 Å². The number of aliphatic hydroxyl groups is 1. The molecule has 5 rings (SSSR count). The summed E-state index contributed by atoms with van der Waals surface area (Å²) in [6.07, 6.45) is 3.46. The van der Waals surface area contributed by atoms with E-state index in [-0.39, 0.29) is 18.3 Å². The zero-order valence-electron chi connectivity index (χ0n) is 18.1. The van der Waals surface area contributed by atoms with Crippen molar-refractivity contribution in [1.82, 2.24) is 14.8 Å². The van der Waals surface area contributed by atoms with Crippen LogP contribution in [0.3, 0.4) is 0 Å². The molecular formula is C25H22FN5O2. The zero-order chi connectivity index (χ0) is 23.1. The first kappa shape index (κ1) is 20.8. The van der Waals surface area contributed by atoms with Gasteiger partial charge in [-0.05, 0) is 54.6 Å². The Hall–Kier alpha value is -4.04. The lowest BCUT2D eigenvalue weighted by atomic mass is 9.94. The Kier molecular flexibility index (Phi) is 5.14. The molecule has 2 aromatic carbocycles. The number of aryl methyl sites for hydroxylation is 1. The van der Waals surface area contributed by atoms with Crippen LogP contribution in [0.5, 0.6) is 0 Å². The largest absolute Gasteiger partial charge is 0.390 e. The number of halogens is 1. The van der Waals surface area contributed by atoms with Gasteiger partial charge < -0.3 is 15.7 Å². The number of hydrogen-bond donors (Lipinski definition) is 3. The van der Waals surface area contributed by atoms with Gasteiger partial charge in [-0.2, -0.15) is 5.10 Å². The monoisotopic (exact) mass is 443 g/mol. The normalized spacial score (nSPS) is 15.3. The zero-order valence-corrected chi connectivity index (χ0v) is 18.1. The second-order valence-electron chi connectivity index (χ2n) is 8.09. The maximum absolute atomic E-state index is 14.5. The minimum Gasteiger partial charge on any atom is -0.390 e. The molecule has 0 radical (unpaired) electrons. The SMILES string of the molecule is CC1=C(C(=O)Nc2ccc3cnccc3c2)C(c2ccc(C)c(F)c2)n2nc(CO)cc2N1. The van der Waals surface area contributed by atoms with E-state index in [0.29, 0.717) is 39.6 Å².